The number of fused-ring (bicyclic) bond motifs is 6. The molecule has 0 N–H and O–H groups in total. The van der Waals surface area contributed by atoms with Crippen molar-refractivity contribution in [3.05, 3.63) is 126 Å². The number of para-hydroxylation sites is 3. The zero-order valence-electron chi connectivity index (χ0n) is 28.1. The molecule has 0 spiro atoms. The molecule has 0 aliphatic heterocycles. The van der Waals surface area contributed by atoms with E-state index in [-0.39, 0.29) is 10.8 Å². The summed E-state index contributed by atoms with van der Waals surface area (Å²) in [5, 5.41) is 14.8. The predicted octanol–water partition coefficient (Wildman–Crippen LogP) is 10.2. The summed E-state index contributed by atoms with van der Waals surface area (Å²) in [4.78, 5) is 15.0. The number of nitriles is 1. The minimum Gasteiger partial charge on any atom is -0.309 e. The lowest BCUT2D eigenvalue weighted by Gasteiger charge is -2.23. The molecule has 0 bridgehead atoms. The number of hydrogen-bond donors (Lipinski definition) is 0. The Bertz CT molecular complexity index is 2510. The maximum Gasteiger partial charge on any atom is 0.165 e. The van der Waals surface area contributed by atoms with Crippen LogP contribution in [0.4, 0.5) is 0 Å². The molecule has 6 nitrogen and oxygen atoms in total. The predicted molar refractivity (Wildman–Crippen MR) is 196 cm³/mol. The quantitative estimate of drug-likeness (QED) is 0.196. The van der Waals surface area contributed by atoms with E-state index in [1.54, 1.807) is 0 Å². The Morgan fingerprint density at radius 2 is 1.02 bits per heavy atom. The van der Waals surface area contributed by atoms with E-state index in [2.05, 4.69) is 148 Å². The normalized spacial score (nSPS) is 12.4. The van der Waals surface area contributed by atoms with Crippen molar-refractivity contribution in [2.24, 2.45) is 0 Å². The van der Waals surface area contributed by atoms with Crippen molar-refractivity contribution in [3.63, 3.8) is 0 Å². The van der Waals surface area contributed by atoms with Gasteiger partial charge >= 0.3 is 0 Å². The second-order valence-corrected chi connectivity index (χ2v) is 14.6. The molecule has 8 rings (SSSR count). The highest BCUT2D eigenvalue weighted by Crippen LogP contribution is 2.39. The first-order chi connectivity index (χ1) is 23.0. The van der Waals surface area contributed by atoms with Crippen molar-refractivity contribution >= 4 is 43.6 Å². The van der Waals surface area contributed by atoms with Crippen LogP contribution in [-0.4, -0.2) is 24.1 Å². The van der Waals surface area contributed by atoms with Crippen LogP contribution in [-0.2, 0) is 10.8 Å². The summed E-state index contributed by atoms with van der Waals surface area (Å²) < 4.78 is 4.64. The van der Waals surface area contributed by atoms with E-state index >= 15 is 0 Å². The van der Waals surface area contributed by atoms with Gasteiger partial charge in [0, 0.05) is 43.6 Å². The summed E-state index contributed by atoms with van der Waals surface area (Å²) in [5.41, 5.74) is 7.26. The molecule has 0 fully saturated rings. The Hall–Kier alpha value is -5.80. The van der Waals surface area contributed by atoms with Crippen LogP contribution < -0.4 is 0 Å². The maximum absolute atomic E-state index is 10.0. The summed E-state index contributed by atoms with van der Waals surface area (Å²) in [5.74, 6) is 2.02. The Balaban J connectivity index is 1.42. The largest absolute Gasteiger partial charge is 0.309 e. The van der Waals surface area contributed by atoms with E-state index in [1.165, 1.54) is 21.8 Å². The summed E-state index contributed by atoms with van der Waals surface area (Å²) >= 11 is 0. The van der Waals surface area contributed by atoms with Gasteiger partial charge in [-0.2, -0.15) is 5.26 Å². The Labute approximate surface area is 280 Å². The summed E-state index contributed by atoms with van der Waals surface area (Å²) in [6.07, 6.45) is 0. The molecular weight excluding hydrogens is 589 g/mol. The fourth-order valence-electron chi connectivity index (χ4n) is 6.71. The van der Waals surface area contributed by atoms with Crippen LogP contribution >= 0.6 is 0 Å². The summed E-state index contributed by atoms with van der Waals surface area (Å²) in [7, 11) is 0. The van der Waals surface area contributed by atoms with Crippen LogP contribution in [0.25, 0.3) is 66.4 Å². The molecule has 6 heteroatoms. The number of hydrogen-bond acceptors (Lipinski definition) is 4. The lowest BCUT2D eigenvalue weighted by atomic mass is 9.92. The Morgan fingerprint density at radius 3 is 1.56 bits per heavy atom. The fourth-order valence-corrected chi connectivity index (χ4v) is 6.71. The Morgan fingerprint density at radius 1 is 0.521 bits per heavy atom. The van der Waals surface area contributed by atoms with Crippen LogP contribution in [0.3, 0.4) is 0 Å². The maximum atomic E-state index is 10.0. The number of benzene rings is 5. The van der Waals surface area contributed by atoms with Gasteiger partial charge in [0.15, 0.2) is 5.82 Å². The molecule has 0 atom stereocenters. The lowest BCUT2D eigenvalue weighted by Crippen LogP contribution is -2.24. The summed E-state index contributed by atoms with van der Waals surface area (Å²) in [6, 6.07) is 40.6. The summed E-state index contributed by atoms with van der Waals surface area (Å²) in [6.45, 7) is 12.7. The molecular formula is C42H36N6. The van der Waals surface area contributed by atoms with E-state index in [4.69, 9.17) is 15.0 Å². The molecule has 0 aliphatic rings. The SMILES string of the molecule is CC(C)(C)c1nc(-c2cc(C#N)ccc2-n2c3ccccc3c3cc(-n4c5ccccc5c5ccccc54)ccc32)nc(C(C)(C)C)n1. The average molecular weight is 625 g/mol. The minimum absolute atomic E-state index is 0.291. The zero-order chi connectivity index (χ0) is 33.4. The number of aromatic nitrogens is 5. The van der Waals surface area contributed by atoms with Gasteiger partial charge in [-0.1, -0.05) is 96.1 Å². The molecule has 0 amide bonds. The highest BCUT2D eigenvalue weighted by Gasteiger charge is 2.27. The lowest BCUT2D eigenvalue weighted by molar-refractivity contribution is 0.497. The first kappa shape index (κ1) is 29.6. The van der Waals surface area contributed by atoms with Gasteiger partial charge in [-0.3, -0.25) is 0 Å². The molecule has 0 saturated carbocycles. The van der Waals surface area contributed by atoms with Crippen molar-refractivity contribution in [2.45, 2.75) is 52.4 Å². The third-order valence-corrected chi connectivity index (χ3v) is 9.08. The van der Waals surface area contributed by atoms with Gasteiger partial charge in [0.05, 0.1) is 39.4 Å². The van der Waals surface area contributed by atoms with Crippen LogP contribution in [0, 0.1) is 11.3 Å². The third kappa shape index (κ3) is 4.65. The monoisotopic (exact) mass is 624 g/mol. The molecule has 3 heterocycles. The molecule has 3 aromatic heterocycles. The van der Waals surface area contributed by atoms with E-state index in [9.17, 15) is 5.26 Å². The topological polar surface area (TPSA) is 72.3 Å². The standard InChI is InChI=1S/C42H36N6/c1-41(2,3)39-44-38(45-40(46-39)42(4,5)6)32-23-26(25-43)19-21-37(32)48-35-18-12-9-15-30(35)31-24-27(20-22-36(31)48)47-33-16-10-7-13-28(33)29-14-8-11-17-34(29)47/h7-24H,1-6H3. The van der Waals surface area contributed by atoms with Crippen LogP contribution in [0.2, 0.25) is 0 Å². The third-order valence-electron chi connectivity index (χ3n) is 9.08. The van der Waals surface area contributed by atoms with E-state index in [1.807, 2.05) is 18.2 Å². The molecule has 0 saturated heterocycles. The number of rotatable bonds is 3. The van der Waals surface area contributed by atoms with Gasteiger partial charge < -0.3 is 9.13 Å². The molecule has 0 unspecified atom stereocenters. The fraction of sp³-hybridized carbons (Fsp3) is 0.190. The molecule has 5 aromatic carbocycles. The highest BCUT2D eigenvalue weighted by atomic mass is 15.1. The van der Waals surface area contributed by atoms with Gasteiger partial charge in [-0.25, -0.2) is 15.0 Å². The van der Waals surface area contributed by atoms with Crippen LogP contribution in [0.15, 0.2) is 109 Å². The smallest absolute Gasteiger partial charge is 0.165 e. The second kappa shape index (κ2) is 10.6. The van der Waals surface area contributed by atoms with Crippen LogP contribution in [0.1, 0.15) is 58.8 Å². The van der Waals surface area contributed by atoms with E-state index in [0.29, 0.717) is 11.4 Å². The molecule has 8 aromatic rings. The van der Waals surface area contributed by atoms with Gasteiger partial charge in [0.2, 0.25) is 0 Å². The van der Waals surface area contributed by atoms with Gasteiger partial charge in [-0.05, 0) is 54.6 Å². The molecule has 0 radical (unpaired) electrons. The molecule has 234 valence electrons. The van der Waals surface area contributed by atoms with Gasteiger partial charge in [-0.15, -0.1) is 0 Å². The average Bonchev–Trinajstić information content (AvgIpc) is 3.59. The second-order valence-electron chi connectivity index (χ2n) is 14.6. The molecule has 48 heavy (non-hydrogen) atoms. The highest BCUT2D eigenvalue weighted by molar-refractivity contribution is 6.12. The van der Waals surface area contributed by atoms with Crippen molar-refractivity contribution in [3.8, 4) is 28.8 Å². The minimum atomic E-state index is -0.291. The first-order valence-electron chi connectivity index (χ1n) is 16.4. The zero-order valence-corrected chi connectivity index (χ0v) is 28.1. The van der Waals surface area contributed by atoms with Crippen molar-refractivity contribution < 1.29 is 0 Å². The van der Waals surface area contributed by atoms with Crippen molar-refractivity contribution in [1.82, 2.24) is 24.1 Å². The first-order valence-corrected chi connectivity index (χ1v) is 16.4. The Kier molecular flexibility index (Phi) is 6.54. The van der Waals surface area contributed by atoms with Crippen LogP contribution in [0.5, 0.6) is 0 Å². The number of nitrogens with zero attached hydrogens (tertiary/aromatic N) is 6. The van der Waals surface area contributed by atoms with Gasteiger partial charge in [0.1, 0.15) is 11.6 Å². The van der Waals surface area contributed by atoms with Gasteiger partial charge in [0.25, 0.3) is 0 Å². The molecule has 0 aliphatic carbocycles. The van der Waals surface area contributed by atoms with E-state index in [0.717, 1.165) is 50.4 Å². The van der Waals surface area contributed by atoms with Crippen molar-refractivity contribution in [1.29, 1.82) is 5.26 Å². The van der Waals surface area contributed by atoms with Crippen molar-refractivity contribution in [2.75, 3.05) is 0 Å². The van der Waals surface area contributed by atoms with E-state index < -0.39 is 0 Å².